The number of amides is 1. The summed E-state index contributed by atoms with van der Waals surface area (Å²) >= 11 is 0. The number of aryl methyl sites for hydroxylation is 1. The maximum Gasteiger partial charge on any atom is 0.220 e. The Balaban J connectivity index is 0.00000156. The van der Waals surface area contributed by atoms with E-state index in [2.05, 4.69) is 15.6 Å². The van der Waals surface area contributed by atoms with Gasteiger partial charge in [-0.15, -0.1) is 24.8 Å². The van der Waals surface area contributed by atoms with Crippen LogP contribution in [0.3, 0.4) is 0 Å². The average Bonchev–Trinajstić information content (AvgIpc) is 3.05. The average molecular weight is 386 g/mol. The van der Waals surface area contributed by atoms with Crippen molar-refractivity contribution < 1.29 is 9.21 Å². The molecule has 2 heterocycles. The zero-order valence-electron chi connectivity index (χ0n) is 14.1. The van der Waals surface area contributed by atoms with E-state index >= 15 is 0 Å². The fourth-order valence-corrected chi connectivity index (χ4v) is 2.84. The van der Waals surface area contributed by atoms with E-state index in [1.54, 1.807) is 6.20 Å². The Morgan fingerprint density at radius 3 is 2.80 bits per heavy atom. The third kappa shape index (κ3) is 6.69. The summed E-state index contributed by atoms with van der Waals surface area (Å²) in [6.07, 6.45) is 5.89. The zero-order valence-corrected chi connectivity index (χ0v) is 15.7. The first kappa shape index (κ1) is 21.5. The van der Waals surface area contributed by atoms with Crippen LogP contribution in [0.4, 0.5) is 0 Å². The topological polar surface area (TPSA) is 67.2 Å². The molecule has 1 aliphatic heterocycles. The normalized spacial score (nSPS) is 16.4. The van der Waals surface area contributed by atoms with E-state index in [-0.39, 0.29) is 36.8 Å². The van der Waals surface area contributed by atoms with Crippen LogP contribution < -0.4 is 10.6 Å². The van der Waals surface area contributed by atoms with Gasteiger partial charge in [0.25, 0.3) is 0 Å². The molecule has 0 bridgehead atoms. The lowest BCUT2D eigenvalue weighted by molar-refractivity contribution is -0.122. The third-order valence-electron chi connectivity index (χ3n) is 4.07. The van der Waals surface area contributed by atoms with Crippen LogP contribution in [0, 0.1) is 0 Å². The Hall–Kier alpha value is -1.56. The molecule has 0 saturated carbocycles. The first-order chi connectivity index (χ1) is 11.3. The van der Waals surface area contributed by atoms with E-state index in [4.69, 9.17) is 4.42 Å². The van der Waals surface area contributed by atoms with Gasteiger partial charge in [0, 0.05) is 31.0 Å². The highest BCUT2D eigenvalue weighted by Crippen LogP contribution is 2.20. The molecule has 1 unspecified atom stereocenters. The minimum Gasteiger partial charge on any atom is -0.441 e. The van der Waals surface area contributed by atoms with E-state index < -0.39 is 0 Å². The Kier molecular flexibility index (Phi) is 9.57. The van der Waals surface area contributed by atoms with Crippen molar-refractivity contribution >= 4 is 30.7 Å². The minimum absolute atomic E-state index is 0. The summed E-state index contributed by atoms with van der Waals surface area (Å²) in [5.41, 5.74) is 1.02. The molecule has 7 heteroatoms. The maximum atomic E-state index is 11.9. The summed E-state index contributed by atoms with van der Waals surface area (Å²) in [6, 6.07) is 10.2. The van der Waals surface area contributed by atoms with Gasteiger partial charge in [-0.2, -0.15) is 0 Å². The van der Waals surface area contributed by atoms with Gasteiger partial charge < -0.3 is 15.1 Å². The largest absolute Gasteiger partial charge is 0.441 e. The molecule has 0 radical (unpaired) electrons. The molecule has 3 rings (SSSR count). The molecule has 1 atom stereocenters. The van der Waals surface area contributed by atoms with Gasteiger partial charge in [0.1, 0.15) is 0 Å². The molecule has 0 spiro atoms. The molecule has 138 valence electrons. The highest BCUT2D eigenvalue weighted by atomic mass is 35.5. The Morgan fingerprint density at radius 1 is 1.28 bits per heavy atom. The number of hydrogen-bond acceptors (Lipinski definition) is 4. The minimum atomic E-state index is 0. The number of nitrogens with zero attached hydrogens (tertiary/aromatic N) is 1. The molecule has 2 aromatic rings. The van der Waals surface area contributed by atoms with Crippen LogP contribution >= 0.6 is 24.8 Å². The molecule has 1 amide bonds. The second-order valence-corrected chi connectivity index (χ2v) is 5.95. The van der Waals surface area contributed by atoms with Crippen LogP contribution in [0.2, 0.25) is 0 Å². The summed E-state index contributed by atoms with van der Waals surface area (Å²) in [5.74, 6) is 1.59. The van der Waals surface area contributed by atoms with Gasteiger partial charge >= 0.3 is 0 Å². The van der Waals surface area contributed by atoms with Crippen LogP contribution in [-0.4, -0.2) is 30.0 Å². The van der Waals surface area contributed by atoms with Crippen LogP contribution in [0.5, 0.6) is 0 Å². The summed E-state index contributed by atoms with van der Waals surface area (Å²) in [5, 5.41) is 6.38. The van der Waals surface area contributed by atoms with Crippen LogP contribution in [0.25, 0.3) is 11.3 Å². The van der Waals surface area contributed by atoms with Gasteiger partial charge in [-0.25, -0.2) is 4.98 Å². The quantitative estimate of drug-likeness (QED) is 0.799. The predicted molar refractivity (Wildman–Crippen MR) is 103 cm³/mol. The number of aromatic nitrogens is 1. The van der Waals surface area contributed by atoms with Crippen molar-refractivity contribution in [3.05, 3.63) is 42.4 Å². The molecule has 0 aliphatic carbocycles. The fourth-order valence-electron chi connectivity index (χ4n) is 2.84. The van der Waals surface area contributed by atoms with Crippen molar-refractivity contribution in [1.29, 1.82) is 0 Å². The van der Waals surface area contributed by atoms with Crippen molar-refractivity contribution in [2.75, 3.05) is 13.1 Å². The molecule has 1 aliphatic rings. The maximum absolute atomic E-state index is 11.9. The summed E-state index contributed by atoms with van der Waals surface area (Å²) in [4.78, 5) is 16.2. The number of hydrogen-bond donors (Lipinski definition) is 2. The Labute approximate surface area is 160 Å². The van der Waals surface area contributed by atoms with Gasteiger partial charge in [-0.05, 0) is 25.8 Å². The summed E-state index contributed by atoms with van der Waals surface area (Å²) in [6.45, 7) is 1.94. The SMILES string of the molecule is Cl.Cl.O=C(CCCc1ncc(-c2ccccc2)o1)NC1CCCNC1. The highest BCUT2D eigenvalue weighted by molar-refractivity contribution is 5.85. The van der Waals surface area contributed by atoms with Crippen molar-refractivity contribution in [1.82, 2.24) is 15.6 Å². The number of benzene rings is 1. The lowest BCUT2D eigenvalue weighted by Gasteiger charge is -2.23. The number of oxazole rings is 1. The van der Waals surface area contributed by atoms with Gasteiger partial charge in [0.2, 0.25) is 5.91 Å². The highest BCUT2D eigenvalue weighted by Gasteiger charge is 2.15. The molecule has 5 nitrogen and oxygen atoms in total. The van der Waals surface area contributed by atoms with E-state index in [1.807, 2.05) is 30.3 Å². The number of carbonyl (C=O) groups is 1. The van der Waals surface area contributed by atoms with Crippen LogP contribution in [-0.2, 0) is 11.2 Å². The Morgan fingerprint density at radius 2 is 2.08 bits per heavy atom. The molecule has 1 aromatic carbocycles. The van der Waals surface area contributed by atoms with Crippen LogP contribution in [0.15, 0.2) is 40.9 Å². The standard InChI is InChI=1S/C18H23N3O2.2ClH/c22-17(21-15-8-5-11-19-12-15)9-4-10-18-20-13-16(23-18)14-6-2-1-3-7-14;;/h1-3,6-7,13,15,19H,4-5,8-12H2,(H,21,22);2*1H. The third-order valence-corrected chi connectivity index (χ3v) is 4.07. The second kappa shape index (κ2) is 11.1. The van der Waals surface area contributed by atoms with Gasteiger partial charge in [-0.3, -0.25) is 4.79 Å². The van der Waals surface area contributed by atoms with E-state index in [9.17, 15) is 4.79 Å². The zero-order chi connectivity index (χ0) is 15.9. The molecule has 25 heavy (non-hydrogen) atoms. The monoisotopic (exact) mass is 385 g/mol. The lowest BCUT2D eigenvalue weighted by Crippen LogP contribution is -2.45. The number of halogens is 2. The van der Waals surface area contributed by atoms with Crippen LogP contribution in [0.1, 0.15) is 31.6 Å². The lowest BCUT2D eigenvalue weighted by atomic mass is 10.1. The number of nitrogens with one attached hydrogen (secondary N) is 2. The first-order valence-corrected chi connectivity index (χ1v) is 8.31. The predicted octanol–water partition coefficient (Wildman–Crippen LogP) is 3.38. The molecular weight excluding hydrogens is 361 g/mol. The summed E-state index contributed by atoms with van der Waals surface area (Å²) < 4.78 is 5.75. The molecule has 1 aromatic heterocycles. The Bertz CT molecular complexity index is 628. The molecule has 1 fully saturated rings. The summed E-state index contributed by atoms with van der Waals surface area (Å²) in [7, 11) is 0. The van der Waals surface area contributed by atoms with Gasteiger partial charge in [-0.1, -0.05) is 30.3 Å². The second-order valence-electron chi connectivity index (χ2n) is 5.95. The van der Waals surface area contributed by atoms with E-state index in [0.717, 1.165) is 43.7 Å². The smallest absolute Gasteiger partial charge is 0.220 e. The van der Waals surface area contributed by atoms with Crippen molar-refractivity contribution in [2.24, 2.45) is 0 Å². The van der Waals surface area contributed by atoms with Gasteiger partial charge in [0.15, 0.2) is 11.7 Å². The first-order valence-electron chi connectivity index (χ1n) is 8.31. The van der Waals surface area contributed by atoms with Crippen molar-refractivity contribution in [3.63, 3.8) is 0 Å². The van der Waals surface area contributed by atoms with Gasteiger partial charge in [0.05, 0.1) is 6.20 Å². The van der Waals surface area contributed by atoms with E-state index in [0.29, 0.717) is 18.7 Å². The van der Waals surface area contributed by atoms with Crippen molar-refractivity contribution in [3.8, 4) is 11.3 Å². The number of rotatable bonds is 6. The molecular formula is C18H25Cl2N3O2. The van der Waals surface area contributed by atoms with Crippen molar-refractivity contribution in [2.45, 2.75) is 38.1 Å². The number of piperidine rings is 1. The molecule has 2 N–H and O–H groups in total. The fraction of sp³-hybridized carbons (Fsp3) is 0.444. The molecule has 1 saturated heterocycles. The van der Waals surface area contributed by atoms with E-state index in [1.165, 1.54) is 0 Å². The number of carbonyl (C=O) groups excluding carboxylic acids is 1.